The Hall–Kier alpha value is -2.68. The van der Waals surface area contributed by atoms with Crippen LogP contribution in [0.3, 0.4) is 0 Å². The minimum atomic E-state index is -0.487. The number of H-pyrrole nitrogens is 1. The summed E-state index contributed by atoms with van der Waals surface area (Å²) in [6, 6.07) is 2.43. The summed E-state index contributed by atoms with van der Waals surface area (Å²) < 4.78 is 1.58. The van der Waals surface area contributed by atoms with E-state index in [0.29, 0.717) is 24.4 Å². The predicted octanol–water partition coefficient (Wildman–Crippen LogP) is 2.19. The standard InChI is InChI=1S/C17H24N8O/c1-9-6-13-15(18-9)21-17(22-16(13)19-11(3)12-4-5-12)20-14-8-25(24-23-14)7-10(2)26/h6,8,10-12,26H,4-5,7H2,1-3H3,(H3,18,19,20,21,22)/t10?,11-/m0/s1. The number of rotatable bonds is 7. The van der Waals surface area contributed by atoms with E-state index in [4.69, 9.17) is 0 Å². The van der Waals surface area contributed by atoms with Crippen LogP contribution in [0.1, 0.15) is 32.4 Å². The molecule has 138 valence electrons. The maximum absolute atomic E-state index is 9.45. The number of nitrogens with zero attached hydrogens (tertiary/aromatic N) is 5. The number of anilines is 3. The van der Waals surface area contributed by atoms with E-state index in [2.05, 4.69) is 48.9 Å². The second-order valence-corrected chi connectivity index (χ2v) is 7.18. The Morgan fingerprint density at radius 2 is 2.15 bits per heavy atom. The first-order valence-electron chi connectivity index (χ1n) is 8.97. The zero-order valence-corrected chi connectivity index (χ0v) is 15.2. The number of hydrogen-bond acceptors (Lipinski definition) is 7. The van der Waals surface area contributed by atoms with Crippen LogP contribution in [0, 0.1) is 12.8 Å². The SMILES string of the molecule is Cc1cc2c(N[C@@H](C)C3CC3)nc(Nc3cn(CC(C)O)nn3)nc2[nH]1. The molecule has 1 saturated carbocycles. The fourth-order valence-corrected chi connectivity index (χ4v) is 3.07. The average molecular weight is 356 g/mol. The van der Waals surface area contributed by atoms with Gasteiger partial charge >= 0.3 is 0 Å². The normalized spacial score (nSPS) is 16.6. The van der Waals surface area contributed by atoms with Gasteiger partial charge in [0.1, 0.15) is 11.5 Å². The van der Waals surface area contributed by atoms with Crippen molar-refractivity contribution in [3.05, 3.63) is 18.0 Å². The van der Waals surface area contributed by atoms with Crippen molar-refractivity contribution in [2.24, 2.45) is 5.92 Å². The van der Waals surface area contributed by atoms with Gasteiger partial charge in [-0.05, 0) is 45.6 Å². The lowest BCUT2D eigenvalue weighted by molar-refractivity contribution is 0.167. The summed E-state index contributed by atoms with van der Waals surface area (Å²) in [5, 5.41) is 25.1. The van der Waals surface area contributed by atoms with Gasteiger partial charge in [0.15, 0.2) is 5.82 Å². The van der Waals surface area contributed by atoms with Crippen molar-refractivity contribution in [2.75, 3.05) is 10.6 Å². The molecule has 0 radical (unpaired) electrons. The summed E-state index contributed by atoms with van der Waals surface area (Å²) in [6.07, 6.45) is 3.77. The third-order valence-corrected chi connectivity index (χ3v) is 4.55. The van der Waals surface area contributed by atoms with Crippen molar-refractivity contribution in [1.29, 1.82) is 0 Å². The molecule has 26 heavy (non-hydrogen) atoms. The Morgan fingerprint density at radius 3 is 2.88 bits per heavy atom. The molecule has 0 saturated heterocycles. The number of aryl methyl sites for hydroxylation is 1. The van der Waals surface area contributed by atoms with E-state index in [0.717, 1.165) is 28.5 Å². The van der Waals surface area contributed by atoms with Gasteiger partial charge in [0.2, 0.25) is 5.95 Å². The van der Waals surface area contributed by atoms with Crippen LogP contribution in [0.15, 0.2) is 12.3 Å². The molecule has 4 rings (SSSR count). The van der Waals surface area contributed by atoms with Crippen LogP contribution in [0.4, 0.5) is 17.6 Å². The number of aliphatic hydroxyl groups excluding tert-OH is 1. The van der Waals surface area contributed by atoms with Gasteiger partial charge in [0.05, 0.1) is 24.2 Å². The first-order chi connectivity index (χ1) is 12.5. The Morgan fingerprint density at radius 1 is 1.35 bits per heavy atom. The molecule has 2 atom stereocenters. The van der Waals surface area contributed by atoms with Gasteiger partial charge < -0.3 is 20.7 Å². The quantitative estimate of drug-likeness (QED) is 0.513. The van der Waals surface area contributed by atoms with Gasteiger partial charge in [0, 0.05) is 11.7 Å². The van der Waals surface area contributed by atoms with Crippen LogP contribution in [-0.4, -0.2) is 47.2 Å². The molecule has 3 aromatic heterocycles. The summed E-state index contributed by atoms with van der Waals surface area (Å²) in [4.78, 5) is 12.5. The fourth-order valence-electron chi connectivity index (χ4n) is 3.07. The van der Waals surface area contributed by atoms with Crippen molar-refractivity contribution < 1.29 is 5.11 Å². The number of nitrogens with one attached hydrogen (secondary N) is 3. The van der Waals surface area contributed by atoms with Crippen LogP contribution < -0.4 is 10.6 Å². The van der Waals surface area contributed by atoms with E-state index in [9.17, 15) is 5.11 Å². The lowest BCUT2D eigenvalue weighted by atomic mass is 10.2. The highest BCUT2D eigenvalue weighted by Gasteiger charge is 2.28. The maximum Gasteiger partial charge on any atom is 0.232 e. The van der Waals surface area contributed by atoms with Gasteiger partial charge in [-0.1, -0.05) is 5.21 Å². The summed E-state index contributed by atoms with van der Waals surface area (Å²) in [6.45, 7) is 6.29. The highest BCUT2D eigenvalue weighted by Crippen LogP contribution is 2.35. The summed E-state index contributed by atoms with van der Waals surface area (Å²) in [7, 11) is 0. The molecule has 0 spiro atoms. The third kappa shape index (κ3) is 3.62. The third-order valence-electron chi connectivity index (χ3n) is 4.55. The number of hydrogen-bond donors (Lipinski definition) is 4. The predicted molar refractivity (Wildman–Crippen MR) is 99.4 cm³/mol. The molecule has 1 fully saturated rings. The van der Waals surface area contributed by atoms with Crippen LogP contribution in [0.2, 0.25) is 0 Å². The molecule has 4 N–H and O–H groups in total. The molecular weight excluding hydrogens is 332 g/mol. The molecule has 0 aromatic carbocycles. The van der Waals surface area contributed by atoms with Crippen LogP contribution in [0.25, 0.3) is 11.0 Å². The number of aromatic amines is 1. The highest BCUT2D eigenvalue weighted by atomic mass is 16.3. The first-order valence-corrected chi connectivity index (χ1v) is 8.97. The Balaban J connectivity index is 1.60. The van der Waals surface area contributed by atoms with E-state index in [1.165, 1.54) is 12.8 Å². The molecule has 0 amide bonds. The van der Waals surface area contributed by atoms with Crippen LogP contribution >= 0.6 is 0 Å². The van der Waals surface area contributed by atoms with Crippen molar-refractivity contribution in [1.82, 2.24) is 29.9 Å². The van der Waals surface area contributed by atoms with Crippen molar-refractivity contribution in [3.63, 3.8) is 0 Å². The zero-order valence-electron chi connectivity index (χ0n) is 15.2. The largest absolute Gasteiger partial charge is 0.391 e. The van der Waals surface area contributed by atoms with E-state index in [1.54, 1.807) is 17.8 Å². The molecule has 1 unspecified atom stereocenters. The van der Waals surface area contributed by atoms with E-state index in [1.807, 2.05) is 6.92 Å². The second-order valence-electron chi connectivity index (χ2n) is 7.18. The van der Waals surface area contributed by atoms with Crippen molar-refractivity contribution >= 4 is 28.6 Å². The Labute approximate surface area is 151 Å². The Kier molecular flexibility index (Phi) is 4.23. The molecule has 0 bridgehead atoms. The summed E-state index contributed by atoms with van der Waals surface area (Å²) in [5.74, 6) is 2.53. The summed E-state index contributed by atoms with van der Waals surface area (Å²) in [5.41, 5.74) is 1.82. The van der Waals surface area contributed by atoms with Gasteiger partial charge in [-0.2, -0.15) is 9.97 Å². The van der Waals surface area contributed by atoms with Gasteiger partial charge in [-0.25, -0.2) is 4.68 Å². The second kappa shape index (κ2) is 6.56. The Bertz CT molecular complexity index is 911. The lowest BCUT2D eigenvalue weighted by Gasteiger charge is -2.15. The molecule has 1 aliphatic carbocycles. The van der Waals surface area contributed by atoms with E-state index >= 15 is 0 Å². The monoisotopic (exact) mass is 356 g/mol. The molecule has 9 heteroatoms. The average Bonchev–Trinajstić information content (AvgIpc) is 3.23. The molecular formula is C17H24N8O. The van der Waals surface area contributed by atoms with Gasteiger partial charge in [-0.3, -0.25) is 0 Å². The summed E-state index contributed by atoms with van der Waals surface area (Å²) >= 11 is 0. The van der Waals surface area contributed by atoms with Crippen molar-refractivity contribution in [2.45, 2.75) is 52.3 Å². The van der Waals surface area contributed by atoms with Crippen molar-refractivity contribution in [3.8, 4) is 0 Å². The fraction of sp³-hybridized carbons (Fsp3) is 0.529. The number of aromatic nitrogens is 6. The minimum absolute atomic E-state index is 0.378. The number of fused-ring (bicyclic) bond motifs is 1. The molecule has 3 heterocycles. The maximum atomic E-state index is 9.45. The molecule has 1 aliphatic rings. The van der Waals surface area contributed by atoms with E-state index < -0.39 is 6.10 Å². The molecule has 0 aliphatic heterocycles. The highest BCUT2D eigenvalue weighted by molar-refractivity contribution is 5.89. The first kappa shape index (κ1) is 16.8. The minimum Gasteiger partial charge on any atom is -0.391 e. The van der Waals surface area contributed by atoms with Crippen LogP contribution in [-0.2, 0) is 6.54 Å². The smallest absolute Gasteiger partial charge is 0.232 e. The molecule has 3 aromatic rings. The zero-order chi connectivity index (χ0) is 18.3. The molecule has 9 nitrogen and oxygen atoms in total. The number of aliphatic hydroxyl groups is 1. The van der Waals surface area contributed by atoms with Gasteiger partial charge in [0.25, 0.3) is 0 Å². The lowest BCUT2D eigenvalue weighted by Crippen LogP contribution is -2.18. The van der Waals surface area contributed by atoms with Gasteiger partial charge in [-0.15, -0.1) is 5.10 Å². The topological polar surface area (TPSA) is 117 Å². The van der Waals surface area contributed by atoms with E-state index in [-0.39, 0.29) is 0 Å². The van der Waals surface area contributed by atoms with Crippen LogP contribution in [0.5, 0.6) is 0 Å².